The molecule has 14 heteroatoms. The van der Waals surface area contributed by atoms with E-state index >= 15 is 0 Å². The van der Waals surface area contributed by atoms with Crippen LogP contribution < -0.4 is 18.9 Å². The quantitative estimate of drug-likeness (QED) is 0.113. The minimum atomic E-state index is -1.71. The van der Waals surface area contributed by atoms with Gasteiger partial charge in [0.15, 0.2) is 34.5 Å². The summed E-state index contributed by atoms with van der Waals surface area (Å²) in [6.45, 7) is -0.915. The van der Waals surface area contributed by atoms with Crippen molar-refractivity contribution >= 4 is 5.97 Å². The molecule has 3 aromatic carbocycles. The van der Waals surface area contributed by atoms with Gasteiger partial charge in [-0.15, -0.1) is 0 Å². The van der Waals surface area contributed by atoms with Gasteiger partial charge in [-0.25, -0.2) is 4.79 Å². The molecule has 1 aliphatic rings. The van der Waals surface area contributed by atoms with Crippen LogP contribution in [0.1, 0.15) is 21.5 Å². The summed E-state index contributed by atoms with van der Waals surface area (Å²) in [6, 6.07) is 13.7. The molecule has 0 bridgehead atoms. The Hall–Kier alpha value is -4.31. The second-order valence-electron chi connectivity index (χ2n) is 11.4. The number of phenols is 2. The average molecular weight is 675 g/mol. The number of benzene rings is 3. The van der Waals surface area contributed by atoms with Gasteiger partial charge in [0.2, 0.25) is 6.29 Å². The molecule has 0 saturated carbocycles. The maximum Gasteiger partial charge on any atom is 0.338 e. The first kappa shape index (κ1) is 36.5. The maximum atomic E-state index is 12.6. The average Bonchev–Trinajstić information content (AvgIpc) is 3.10. The van der Waals surface area contributed by atoms with Crippen molar-refractivity contribution in [3.8, 4) is 34.5 Å². The highest BCUT2D eigenvalue weighted by molar-refractivity contribution is 5.90. The third-order valence-electron chi connectivity index (χ3n) is 8.31. The first-order valence-electron chi connectivity index (χ1n) is 15.2. The maximum absolute atomic E-state index is 12.6. The van der Waals surface area contributed by atoms with Crippen molar-refractivity contribution in [3.63, 3.8) is 0 Å². The van der Waals surface area contributed by atoms with Crippen LogP contribution in [0.25, 0.3) is 0 Å². The number of aliphatic hydroxyl groups excluding tert-OH is 5. The number of hydrogen-bond donors (Lipinski definition) is 7. The van der Waals surface area contributed by atoms with E-state index in [-0.39, 0.29) is 59.4 Å². The Balaban J connectivity index is 1.43. The molecule has 0 aliphatic carbocycles. The number of phenolic OH excluding ortho intramolecular Hbond substituents is 2. The molecule has 0 spiro atoms. The molecular weight excluding hydrogens is 632 g/mol. The molecule has 0 amide bonds. The third kappa shape index (κ3) is 8.58. The summed E-state index contributed by atoms with van der Waals surface area (Å²) in [6.07, 6.45) is -7.00. The van der Waals surface area contributed by atoms with Crippen LogP contribution in [0.2, 0.25) is 0 Å². The van der Waals surface area contributed by atoms with Gasteiger partial charge in [0, 0.05) is 13.2 Å². The zero-order valence-electron chi connectivity index (χ0n) is 26.8. The summed E-state index contributed by atoms with van der Waals surface area (Å²) in [7, 11) is 4.17. The van der Waals surface area contributed by atoms with Crippen LogP contribution in [0.5, 0.6) is 34.5 Å². The van der Waals surface area contributed by atoms with Crippen molar-refractivity contribution in [3.05, 3.63) is 71.3 Å². The molecule has 1 fully saturated rings. The van der Waals surface area contributed by atoms with Crippen LogP contribution in [-0.4, -0.2) is 114 Å². The van der Waals surface area contributed by atoms with E-state index in [0.29, 0.717) is 18.6 Å². The van der Waals surface area contributed by atoms with Gasteiger partial charge in [0.1, 0.15) is 31.0 Å². The summed E-state index contributed by atoms with van der Waals surface area (Å²) < 4.78 is 32.5. The number of aromatic hydroxyl groups is 2. The summed E-state index contributed by atoms with van der Waals surface area (Å²) >= 11 is 0. The molecule has 262 valence electrons. The fourth-order valence-electron chi connectivity index (χ4n) is 5.47. The molecule has 7 unspecified atom stereocenters. The molecule has 1 aliphatic heterocycles. The lowest BCUT2D eigenvalue weighted by Crippen LogP contribution is -2.60. The predicted molar refractivity (Wildman–Crippen MR) is 168 cm³/mol. The van der Waals surface area contributed by atoms with Gasteiger partial charge in [-0.2, -0.15) is 0 Å². The Morgan fingerprint density at radius 1 is 0.708 bits per heavy atom. The van der Waals surface area contributed by atoms with Gasteiger partial charge in [-0.1, -0.05) is 12.1 Å². The van der Waals surface area contributed by atoms with Crippen LogP contribution in [0.3, 0.4) is 0 Å². The number of rotatable bonds is 15. The van der Waals surface area contributed by atoms with E-state index in [1.165, 1.54) is 45.6 Å². The van der Waals surface area contributed by atoms with Crippen LogP contribution in [0, 0.1) is 11.8 Å². The molecular formula is C34H42O14. The Bertz CT molecular complexity index is 1510. The van der Waals surface area contributed by atoms with Crippen molar-refractivity contribution in [2.45, 2.75) is 43.5 Å². The lowest BCUT2D eigenvalue weighted by atomic mass is 9.83. The Labute approximate surface area is 277 Å². The molecule has 4 rings (SSSR count). The summed E-state index contributed by atoms with van der Waals surface area (Å²) in [5.41, 5.74) is 1.62. The minimum Gasteiger partial charge on any atom is -0.504 e. The third-order valence-corrected chi connectivity index (χ3v) is 8.31. The monoisotopic (exact) mass is 674 g/mol. The second kappa shape index (κ2) is 16.7. The lowest BCUT2D eigenvalue weighted by Gasteiger charge is -2.40. The fourth-order valence-corrected chi connectivity index (χ4v) is 5.47. The second-order valence-corrected chi connectivity index (χ2v) is 11.4. The normalized spacial score (nSPS) is 22.0. The first-order chi connectivity index (χ1) is 23.0. The van der Waals surface area contributed by atoms with E-state index in [0.717, 1.165) is 11.1 Å². The smallest absolute Gasteiger partial charge is 0.338 e. The number of hydrogen-bond acceptors (Lipinski definition) is 14. The number of esters is 1. The highest BCUT2D eigenvalue weighted by Crippen LogP contribution is 2.34. The Morgan fingerprint density at radius 2 is 1.25 bits per heavy atom. The van der Waals surface area contributed by atoms with Gasteiger partial charge in [-0.3, -0.25) is 0 Å². The molecule has 7 atom stereocenters. The first-order valence-corrected chi connectivity index (χ1v) is 15.2. The number of carbonyl (C=O) groups excluding carboxylic acids is 1. The SMILES string of the molecule is COc1cc(CC(CO)C(CO)Cc2ccc(OC3OC(COC(=O)c4ccc(O)c(OC)c4)C(O)C(O)C3O)c(OC)c2)ccc1O. The molecule has 3 aromatic rings. The number of carbonyl (C=O) groups is 1. The van der Waals surface area contributed by atoms with Gasteiger partial charge in [0.25, 0.3) is 0 Å². The number of ether oxygens (including phenoxy) is 6. The largest absolute Gasteiger partial charge is 0.504 e. The Morgan fingerprint density at radius 3 is 1.83 bits per heavy atom. The van der Waals surface area contributed by atoms with E-state index in [1.54, 1.807) is 30.3 Å². The van der Waals surface area contributed by atoms with Gasteiger partial charge >= 0.3 is 5.97 Å². The van der Waals surface area contributed by atoms with E-state index < -0.39 is 43.3 Å². The molecule has 7 N–H and O–H groups in total. The van der Waals surface area contributed by atoms with Crippen molar-refractivity contribution in [1.29, 1.82) is 0 Å². The summed E-state index contributed by atoms with van der Waals surface area (Å²) in [4.78, 5) is 12.6. The van der Waals surface area contributed by atoms with Gasteiger partial charge in [0.05, 0.1) is 26.9 Å². The predicted octanol–water partition coefficient (Wildman–Crippen LogP) is 1.17. The lowest BCUT2D eigenvalue weighted by molar-refractivity contribution is -0.277. The zero-order chi connectivity index (χ0) is 35.0. The molecule has 0 radical (unpaired) electrons. The number of methoxy groups -OCH3 is 3. The minimum absolute atomic E-state index is 0.00214. The van der Waals surface area contributed by atoms with E-state index in [2.05, 4.69) is 0 Å². The van der Waals surface area contributed by atoms with E-state index in [4.69, 9.17) is 28.4 Å². The molecule has 1 heterocycles. The van der Waals surface area contributed by atoms with Crippen molar-refractivity contribution in [2.24, 2.45) is 11.8 Å². The number of aliphatic hydroxyl groups is 5. The van der Waals surface area contributed by atoms with E-state index in [1.807, 2.05) is 0 Å². The van der Waals surface area contributed by atoms with Crippen molar-refractivity contribution < 1.29 is 69.0 Å². The fraction of sp³-hybridized carbons (Fsp3) is 0.441. The van der Waals surface area contributed by atoms with Crippen molar-refractivity contribution in [2.75, 3.05) is 41.2 Å². The van der Waals surface area contributed by atoms with E-state index in [9.17, 15) is 40.5 Å². The summed E-state index contributed by atoms with van der Waals surface area (Å²) in [5, 5.41) is 71.7. The molecule has 14 nitrogen and oxygen atoms in total. The standard InChI is InChI=1S/C34H42O14/c1-43-26-12-18(4-7-23(26)37)10-21(15-35)22(16-36)11-19-5-9-25(28(13-19)45-3)47-34-32(41)31(40)30(39)29(48-34)17-46-33(42)20-6-8-24(38)27(14-20)44-2/h4-9,12-14,21-22,29-32,34-41H,10-11,15-17H2,1-3H3. The van der Waals surface area contributed by atoms with Gasteiger partial charge in [-0.05, 0) is 78.3 Å². The van der Waals surface area contributed by atoms with Crippen LogP contribution in [-0.2, 0) is 22.3 Å². The molecule has 48 heavy (non-hydrogen) atoms. The van der Waals surface area contributed by atoms with Gasteiger partial charge < -0.3 is 64.2 Å². The highest BCUT2D eigenvalue weighted by atomic mass is 16.7. The summed E-state index contributed by atoms with van der Waals surface area (Å²) in [5.74, 6) is -0.920. The molecule has 1 saturated heterocycles. The van der Waals surface area contributed by atoms with Crippen LogP contribution in [0.4, 0.5) is 0 Å². The Kier molecular flexibility index (Phi) is 12.7. The molecule has 0 aromatic heterocycles. The van der Waals surface area contributed by atoms with Crippen LogP contribution in [0.15, 0.2) is 54.6 Å². The topological polar surface area (TPSA) is 214 Å². The van der Waals surface area contributed by atoms with Crippen LogP contribution >= 0.6 is 0 Å². The van der Waals surface area contributed by atoms with Crippen molar-refractivity contribution in [1.82, 2.24) is 0 Å². The highest BCUT2D eigenvalue weighted by Gasteiger charge is 2.45. The zero-order valence-corrected chi connectivity index (χ0v) is 26.8.